The SMILES string of the molecule is CSc1nc(N2CCN(C(=O)C(=O)c3c[nH]c4c(-n5ccnn5)ncc(F)c34)CC2)n(-c2ccccc2)n1. The first-order valence-corrected chi connectivity index (χ1v) is 12.9. The number of anilines is 1. The molecule has 1 aliphatic rings. The molecule has 38 heavy (non-hydrogen) atoms. The van der Waals surface area contributed by atoms with Crippen LogP contribution in [0.5, 0.6) is 0 Å². The number of rotatable bonds is 6. The van der Waals surface area contributed by atoms with Gasteiger partial charge < -0.3 is 14.8 Å². The maximum Gasteiger partial charge on any atom is 0.295 e. The normalized spacial score (nSPS) is 13.8. The van der Waals surface area contributed by atoms with E-state index in [0.29, 0.717) is 37.3 Å². The molecule has 1 N–H and O–H groups in total. The Morgan fingerprint density at radius 3 is 2.61 bits per heavy atom. The molecule has 1 aliphatic heterocycles. The maximum absolute atomic E-state index is 14.8. The zero-order chi connectivity index (χ0) is 26.2. The molecule has 4 aromatic heterocycles. The summed E-state index contributed by atoms with van der Waals surface area (Å²) >= 11 is 1.45. The molecule has 0 spiro atoms. The number of hydrogen-bond acceptors (Lipinski definition) is 9. The predicted molar refractivity (Wildman–Crippen MR) is 137 cm³/mol. The second-order valence-corrected chi connectivity index (χ2v) is 9.26. The first-order chi connectivity index (χ1) is 18.5. The third-order valence-corrected chi connectivity index (χ3v) is 6.86. The molecule has 0 aliphatic carbocycles. The summed E-state index contributed by atoms with van der Waals surface area (Å²) in [6, 6.07) is 9.69. The van der Waals surface area contributed by atoms with E-state index in [2.05, 4.69) is 30.4 Å². The van der Waals surface area contributed by atoms with Crippen LogP contribution in [-0.2, 0) is 4.79 Å². The quantitative estimate of drug-likeness (QED) is 0.198. The van der Waals surface area contributed by atoms with Crippen molar-refractivity contribution in [2.24, 2.45) is 0 Å². The minimum atomic E-state index is -0.795. The third-order valence-electron chi connectivity index (χ3n) is 6.32. The van der Waals surface area contributed by atoms with Crippen LogP contribution < -0.4 is 4.90 Å². The van der Waals surface area contributed by atoms with Crippen molar-refractivity contribution in [2.45, 2.75) is 5.16 Å². The maximum atomic E-state index is 14.8. The third kappa shape index (κ3) is 4.08. The van der Waals surface area contributed by atoms with Gasteiger partial charge in [0.25, 0.3) is 11.7 Å². The molecule has 1 saturated heterocycles. The summed E-state index contributed by atoms with van der Waals surface area (Å²) in [4.78, 5) is 41.5. The average molecular weight is 533 g/mol. The van der Waals surface area contributed by atoms with Gasteiger partial charge in [0.2, 0.25) is 11.1 Å². The molecule has 0 unspecified atom stereocenters. The van der Waals surface area contributed by atoms with Crippen molar-refractivity contribution in [3.05, 3.63) is 66.5 Å². The number of thioether (sulfide) groups is 1. The number of aromatic amines is 1. The number of pyridine rings is 1. The minimum Gasteiger partial charge on any atom is -0.357 e. The Balaban J connectivity index is 1.21. The lowest BCUT2D eigenvalue weighted by Gasteiger charge is -2.34. The summed E-state index contributed by atoms with van der Waals surface area (Å²) in [5.74, 6) is -1.26. The number of nitrogens with zero attached hydrogens (tertiary/aromatic N) is 9. The zero-order valence-corrected chi connectivity index (χ0v) is 21.0. The smallest absolute Gasteiger partial charge is 0.295 e. The van der Waals surface area contributed by atoms with E-state index in [0.717, 1.165) is 11.9 Å². The van der Waals surface area contributed by atoms with Crippen molar-refractivity contribution in [3.8, 4) is 11.5 Å². The van der Waals surface area contributed by atoms with Crippen molar-refractivity contribution in [2.75, 3.05) is 37.3 Å². The van der Waals surface area contributed by atoms with Crippen LogP contribution in [0.15, 0.2) is 60.3 Å². The number of Topliss-reactive ketones (excluding diaryl/α,β-unsaturated/α-hetero) is 1. The van der Waals surface area contributed by atoms with Crippen molar-refractivity contribution in [1.82, 2.24) is 44.6 Å². The first kappa shape index (κ1) is 23.8. The summed E-state index contributed by atoms with van der Waals surface area (Å²) in [6.45, 7) is 1.52. The van der Waals surface area contributed by atoms with Crippen LogP contribution in [0.2, 0.25) is 0 Å². The Labute approximate surface area is 219 Å². The Hall–Kier alpha value is -4.59. The van der Waals surface area contributed by atoms with E-state index in [4.69, 9.17) is 0 Å². The van der Waals surface area contributed by atoms with Gasteiger partial charge in [-0.05, 0) is 18.4 Å². The highest BCUT2D eigenvalue weighted by atomic mass is 32.2. The van der Waals surface area contributed by atoms with E-state index in [-0.39, 0.29) is 22.3 Å². The number of halogens is 1. The molecule has 192 valence electrons. The Kier molecular flexibility index (Phi) is 6.07. The number of H-pyrrole nitrogens is 1. The van der Waals surface area contributed by atoms with Gasteiger partial charge in [-0.1, -0.05) is 35.2 Å². The molecular weight excluding hydrogens is 511 g/mol. The number of hydrogen-bond donors (Lipinski definition) is 1. The minimum absolute atomic E-state index is 0.0111. The molecule has 0 bridgehead atoms. The number of carbonyl (C=O) groups excluding carboxylic acids is 2. The van der Waals surface area contributed by atoms with Gasteiger partial charge in [-0.3, -0.25) is 9.59 Å². The Morgan fingerprint density at radius 2 is 1.89 bits per heavy atom. The van der Waals surface area contributed by atoms with E-state index in [1.165, 1.54) is 33.7 Å². The molecule has 0 saturated carbocycles. The van der Waals surface area contributed by atoms with Crippen molar-refractivity contribution in [3.63, 3.8) is 0 Å². The van der Waals surface area contributed by atoms with Crippen molar-refractivity contribution < 1.29 is 14.0 Å². The lowest BCUT2D eigenvalue weighted by atomic mass is 10.1. The number of carbonyl (C=O) groups is 2. The summed E-state index contributed by atoms with van der Waals surface area (Å²) in [5.41, 5.74) is 1.08. The zero-order valence-electron chi connectivity index (χ0n) is 20.2. The number of fused-ring (bicyclic) bond motifs is 1. The lowest BCUT2D eigenvalue weighted by molar-refractivity contribution is -0.126. The van der Waals surface area contributed by atoms with E-state index in [1.54, 1.807) is 10.9 Å². The fourth-order valence-electron chi connectivity index (χ4n) is 4.46. The molecular formula is C24H21FN10O2S. The summed E-state index contributed by atoms with van der Waals surface area (Å²) in [5, 5.41) is 12.8. The van der Waals surface area contributed by atoms with Gasteiger partial charge in [0.05, 0.1) is 40.7 Å². The Morgan fingerprint density at radius 1 is 1.11 bits per heavy atom. The largest absolute Gasteiger partial charge is 0.357 e. The Bertz CT molecular complexity index is 1620. The van der Waals surface area contributed by atoms with Gasteiger partial charge in [0.1, 0.15) is 0 Å². The fourth-order valence-corrected chi connectivity index (χ4v) is 4.79. The number of amides is 1. The van der Waals surface area contributed by atoms with Gasteiger partial charge in [-0.15, -0.1) is 10.2 Å². The summed E-state index contributed by atoms with van der Waals surface area (Å²) in [6.07, 6.45) is 7.25. The molecule has 1 fully saturated rings. The van der Waals surface area contributed by atoms with E-state index >= 15 is 0 Å². The topological polar surface area (TPSA) is 131 Å². The van der Waals surface area contributed by atoms with Crippen molar-refractivity contribution in [1.29, 1.82) is 0 Å². The second kappa shape index (κ2) is 9.70. The van der Waals surface area contributed by atoms with Crippen LogP contribution in [0.4, 0.5) is 10.3 Å². The second-order valence-electron chi connectivity index (χ2n) is 8.48. The van der Waals surface area contributed by atoms with Crippen LogP contribution in [0.3, 0.4) is 0 Å². The van der Waals surface area contributed by atoms with Crippen LogP contribution in [0, 0.1) is 5.82 Å². The molecule has 0 radical (unpaired) electrons. The number of para-hydroxylation sites is 1. The molecule has 5 aromatic rings. The lowest BCUT2D eigenvalue weighted by Crippen LogP contribution is -2.51. The van der Waals surface area contributed by atoms with Crippen LogP contribution in [0.25, 0.3) is 22.4 Å². The number of aromatic nitrogens is 8. The molecule has 14 heteroatoms. The van der Waals surface area contributed by atoms with Gasteiger partial charge in [0, 0.05) is 32.4 Å². The molecule has 1 aromatic carbocycles. The van der Waals surface area contributed by atoms with Gasteiger partial charge in [-0.25, -0.2) is 14.1 Å². The van der Waals surface area contributed by atoms with E-state index < -0.39 is 17.5 Å². The highest BCUT2D eigenvalue weighted by molar-refractivity contribution is 7.98. The van der Waals surface area contributed by atoms with Crippen LogP contribution in [-0.4, -0.2) is 88.8 Å². The summed E-state index contributed by atoms with van der Waals surface area (Å²) < 4.78 is 17.9. The monoisotopic (exact) mass is 532 g/mol. The van der Waals surface area contributed by atoms with Crippen LogP contribution >= 0.6 is 11.8 Å². The number of ketones is 1. The molecule has 6 rings (SSSR count). The number of nitrogens with one attached hydrogen (secondary N) is 1. The number of benzene rings is 1. The summed E-state index contributed by atoms with van der Waals surface area (Å²) in [7, 11) is 0. The number of piperazine rings is 1. The predicted octanol–water partition coefficient (Wildman–Crippen LogP) is 2.12. The molecule has 5 heterocycles. The van der Waals surface area contributed by atoms with Gasteiger partial charge in [-0.2, -0.15) is 9.67 Å². The van der Waals surface area contributed by atoms with Gasteiger partial charge >= 0.3 is 0 Å². The molecule has 1 amide bonds. The first-order valence-electron chi connectivity index (χ1n) is 11.7. The standard InChI is InChI=1S/C24H21FN10O2S/c1-38-23-29-24(35(30-23)15-5-3-2-4-6-15)33-11-9-32(10-12-33)22(37)20(36)16-13-26-19-18(16)17(25)14-27-21(19)34-8-7-28-31-34/h2-8,13-14,26H,9-12H2,1H3. The van der Waals surface area contributed by atoms with Gasteiger partial charge in [0.15, 0.2) is 11.6 Å². The van der Waals surface area contributed by atoms with Crippen molar-refractivity contribution >= 4 is 40.3 Å². The highest BCUT2D eigenvalue weighted by Crippen LogP contribution is 2.27. The fraction of sp³-hybridized carbons (Fsp3) is 0.208. The average Bonchev–Trinajstić information content (AvgIpc) is 3.73. The van der Waals surface area contributed by atoms with Crippen LogP contribution in [0.1, 0.15) is 10.4 Å². The van der Waals surface area contributed by atoms with E-state index in [9.17, 15) is 14.0 Å². The molecule has 0 atom stereocenters. The molecule has 12 nitrogen and oxygen atoms in total. The van der Waals surface area contributed by atoms with E-state index in [1.807, 2.05) is 41.5 Å². The highest BCUT2D eigenvalue weighted by Gasteiger charge is 2.31.